The lowest BCUT2D eigenvalue weighted by atomic mass is 9.69. The summed E-state index contributed by atoms with van der Waals surface area (Å²) in [6.07, 6.45) is 5.16. The summed E-state index contributed by atoms with van der Waals surface area (Å²) in [6.45, 7) is 5.83. The molecule has 1 aliphatic carbocycles. The van der Waals surface area contributed by atoms with Crippen LogP contribution in [0.4, 0.5) is 0 Å². The van der Waals surface area contributed by atoms with E-state index in [1.54, 1.807) is 7.11 Å². The molecule has 1 unspecified atom stereocenters. The second-order valence-corrected chi connectivity index (χ2v) is 7.35. The van der Waals surface area contributed by atoms with Crippen LogP contribution >= 0.6 is 0 Å². The van der Waals surface area contributed by atoms with E-state index in [4.69, 9.17) is 15.2 Å². The van der Waals surface area contributed by atoms with Crippen molar-refractivity contribution in [2.45, 2.75) is 32.3 Å². The van der Waals surface area contributed by atoms with Crippen LogP contribution in [0.3, 0.4) is 0 Å². The summed E-state index contributed by atoms with van der Waals surface area (Å²) in [4.78, 5) is 2.60. The van der Waals surface area contributed by atoms with Crippen molar-refractivity contribution < 1.29 is 9.47 Å². The minimum Gasteiger partial charge on any atom is -0.493 e. The molecule has 3 rings (SSSR count). The van der Waals surface area contributed by atoms with Gasteiger partial charge in [0.15, 0.2) is 0 Å². The Morgan fingerprint density at radius 2 is 2.22 bits per heavy atom. The number of nitrogens with two attached hydrogens (primary N) is 1. The monoisotopic (exact) mass is 318 g/mol. The van der Waals surface area contributed by atoms with E-state index in [1.807, 2.05) is 12.1 Å². The van der Waals surface area contributed by atoms with Crippen molar-refractivity contribution in [2.24, 2.45) is 17.1 Å². The molecule has 1 saturated heterocycles. The highest BCUT2D eigenvalue weighted by atomic mass is 16.5. The number of nitrogens with zero attached hydrogens (tertiary/aromatic N) is 1. The lowest BCUT2D eigenvalue weighted by Crippen LogP contribution is -2.45. The first-order chi connectivity index (χ1) is 11.2. The van der Waals surface area contributed by atoms with Crippen LogP contribution in [0.25, 0.3) is 0 Å². The molecule has 1 heterocycles. The molecule has 0 amide bonds. The van der Waals surface area contributed by atoms with E-state index in [0.29, 0.717) is 17.9 Å². The first kappa shape index (κ1) is 16.7. The molecule has 4 heteroatoms. The van der Waals surface area contributed by atoms with Gasteiger partial charge in [-0.2, -0.15) is 0 Å². The first-order valence-corrected chi connectivity index (χ1v) is 8.86. The van der Waals surface area contributed by atoms with Crippen LogP contribution in [0.1, 0.15) is 31.2 Å². The molecule has 2 N–H and O–H groups in total. The molecule has 2 aliphatic rings. The van der Waals surface area contributed by atoms with Crippen molar-refractivity contribution in [1.82, 2.24) is 4.90 Å². The number of likely N-dealkylation sites (tertiary alicyclic amines) is 1. The Morgan fingerprint density at radius 3 is 2.87 bits per heavy atom. The third-order valence-electron chi connectivity index (χ3n) is 5.43. The van der Waals surface area contributed by atoms with Gasteiger partial charge in [0.1, 0.15) is 5.75 Å². The molecule has 1 saturated carbocycles. The summed E-state index contributed by atoms with van der Waals surface area (Å²) in [5.74, 6) is 1.66. The zero-order valence-electron chi connectivity index (χ0n) is 14.3. The smallest absolute Gasteiger partial charge is 0.119 e. The summed E-state index contributed by atoms with van der Waals surface area (Å²) in [5.41, 5.74) is 7.33. The molecule has 1 aromatic rings. The number of rotatable bonds is 8. The Bertz CT molecular complexity index is 502. The van der Waals surface area contributed by atoms with E-state index < -0.39 is 0 Å². The molecule has 1 atom stereocenters. The van der Waals surface area contributed by atoms with Crippen molar-refractivity contribution in [1.29, 1.82) is 0 Å². The van der Waals surface area contributed by atoms with Gasteiger partial charge in [-0.25, -0.2) is 0 Å². The highest BCUT2D eigenvalue weighted by molar-refractivity contribution is 5.28. The Balaban J connectivity index is 1.54. The average molecular weight is 318 g/mol. The van der Waals surface area contributed by atoms with Crippen molar-refractivity contribution in [3.05, 3.63) is 29.8 Å². The lowest BCUT2D eigenvalue weighted by molar-refractivity contribution is 0.0234. The maximum absolute atomic E-state index is 6.16. The maximum Gasteiger partial charge on any atom is 0.119 e. The van der Waals surface area contributed by atoms with Gasteiger partial charge in [-0.3, -0.25) is 0 Å². The minimum atomic E-state index is 0.348. The fourth-order valence-electron chi connectivity index (χ4n) is 3.88. The topological polar surface area (TPSA) is 47.7 Å². The molecular formula is C19H30N2O2. The van der Waals surface area contributed by atoms with E-state index >= 15 is 0 Å². The van der Waals surface area contributed by atoms with Gasteiger partial charge in [-0.1, -0.05) is 18.6 Å². The zero-order chi connectivity index (χ0) is 16.1. The molecule has 0 aromatic heterocycles. The second-order valence-electron chi connectivity index (χ2n) is 7.35. The van der Waals surface area contributed by atoms with Crippen molar-refractivity contribution >= 4 is 0 Å². The molecule has 2 fully saturated rings. The Labute approximate surface area is 139 Å². The standard InChI is InChI=1S/C19H30N2O2/c1-22-13-16-4-2-5-18(10-16)23-15-19(7-3-8-19)14-21-9-6-17(11-20)12-21/h2,4-5,10,17H,3,6-9,11-15,20H2,1H3. The van der Waals surface area contributed by atoms with Gasteiger partial charge in [0.05, 0.1) is 13.2 Å². The number of methoxy groups -OCH3 is 1. The van der Waals surface area contributed by atoms with Crippen LogP contribution in [-0.4, -0.2) is 44.8 Å². The highest BCUT2D eigenvalue weighted by Crippen LogP contribution is 2.42. The van der Waals surface area contributed by atoms with Crippen LogP contribution in [0.15, 0.2) is 24.3 Å². The van der Waals surface area contributed by atoms with Gasteiger partial charge >= 0.3 is 0 Å². The third-order valence-corrected chi connectivity index (χ3v) is 5.43. The number of ether oxygens (including phenoxy) is 2. The number of hydrogen-bond acceptors (Lipinski definition) is 4. The van der Waals surface area contributed by atoms with Gasteiger partial charge in [0.25, 0.3) is 0 Å². The van der Waals surface area contributed by atoms with E-state index in [-0.39, 0.29) is 0 Å². The summed E-state index contributed by atoms with van der Waals surface area (Å²) in [6, 6.07) is 8.26. The molecule has 1 aliphatic heterocycles. The van der Waals surface area contributed by atoms with Gasteiger partial charge in [-0.15, -0.1) is 0 Å². The normalized spacial score (nSPS) is 23.7. The van der Waals surface area contributed by atoms with Gasteiger partial charge < -0.3 is 20.1 Å². The van der Waals surface area contributed by atoms with Crippen LogP contribution in [-0.2, 0) is 11.3 Å². The zero-order valence-corrected chi connectivity index (χ0v) is 14.3. The van der Waals surface area contributed by atoms with E-state index in [2.05, 4.69) is 17.0 Å². The predicted molar refractivity (Wildman–Crippen MR) is 92.5 cm³/mol. The van der Waals surface area contributed by atoms with Crippen LogP contribution in [0.2, 0.25) is 0 Å². The maximum atomic E-state index is 6.16. The fraction of sp³-hybridized carbons (Fsp3) is 0.684. The molecule has 0 radical (unpaired) electrons. The quantitative estimate of drug-likeness (QED) is 0.800. The van der Waals surface area contributed by atoms with Crippen molar-refractivity contribution in [2.75, 3.05) is 39.9 Å². The molecule has 0 bridgehead atoms. The van der Waals surface area contributed by atoms with Gasteiger partial charge in [0, 0.05) is 25.6 Å². The molecule has 128 valence electrons. The molecule has 1 aromatic carbocycles. The summed E-state index contributed by atoms with van der Waals surface area (Å²) < 4.78 is 11.4. The van der Waals surface area contributed by atoms with Crippen molar-refractivity contribution in [3.63, 3.8) is 0 Å². The molecule has 4 nitrogen and oxygen atoms in total. The van der Waals surface area contributed by atoms with Gasteiger partial charge in [0.2, 0.25) is 0 Å². The van der Waals surface area contributed by atoms with Gasteiger partial charge in [-0.05, 0) is 56.0 Å². The molecule has 23 heavy (non-hydrogen) atoms. The molecular weight excluding hydrogens is 288 g/mol. The number of hydrogen-bond donors (Lipinski definition) is 1. The van der Waals surface area contributed by atoms with E-state index in [9.17, 15) is 0 Å². The van der Waals surface area contributed by atoms with E-state index in [1.165, 1.54) is 45.3 Å². The Morgan fingerprint density at radius 1 is 1.35 bits per heavy atom. The van der Waals surface area contributed by atoms with E-state index in [0.717, 1.165) is 24.5 Å². The lowest BCUT2D eigenvalue weighted by Gasteiger charge is -2.44. The van der Waals surface area contributed by atoms with Crippen molar-refractivity contribution in [3.8, 4) is 5.75 Å². The third kappa shape index (κ3) is 4.25. The van der Waals surface area contributed by atoms with Crippen LogP contribution in [0.5, 0.6) is 5.75 Å². The summed E-state index contributed by atoms with van der Waals surface area (Å²) in [5, 5.41) is 0. The Kier molecular flexibility index (Phi) is 5.57. The first-order valence-electron chi connectivity index (χ1n) is 8.86. The average Bonchev–Trinajstić information content (AvgIpc) is 2.98. The fourth-order valence-corrected chi connectivity index (χ4v) is 3.88. The number of benzene rings is 1. The highest BCUT2D eigenvalue weighted by Gasteiger charge is 2.40. The SMILES string of the molecule is COCc1cccc(OCC2(CN3CCC(CN)C3)CCC2)c1. The largest absolute Gasteiger partial charge is 0.493 e. The molecule has 0 spiro atoms. The second kappa shape index (κ2) is 7.65. The summed E-state index contributed by atoms with van der Waals surface area (Å²) in [7, 11) is 1.72. The minimum absolute atomic E-state index is 0.348. The van der Waals surface area contributed by atoms with Crippen LogP contribution in [0, 0.1) is 11.3 Å². The van der Waals surface area contributed by atoms with Crippen LogP contribution < -0.4 is 10.5 Å². The Hall–Kier alpha value is -1.10. The summed E-state index contributed by atoms with van der Waals surface area (Å²) >= 11 is 0. The predicted octanol–water partition coefficient (Wildman–Crippen LogP) is 2.66.